The molecule has 2 heterocycles. The zero-order valence-electron chi connectivity index (χ0n) is 12.4. The molecular weight excluding hydrogens is 256 g/mol. The van der Waals surface area contributed by atoms with Crippen LogP contribution in [0.1, 0.15) is 38.5 Å². The summed E-state index contributed by atoms with van der Waals surface area (Å²) in [5.74, 6) is 0.820. The number of hydrogen-bond acceptors (Lipinski definition) is 4. The van der Waals surface area contributed by atoms with Crippen LogP contribution in [0, 0.1) is 5.92 Å². The summed E-state index contributed by atoms with van der Waals surface area (Å²) >= 11 is 0. The molecule has 20 heavy (non-hydrogen) atoms. The first kappa shape index (κ1) is 15.7. The topological polar surface area (TPSA) is 59.6 Å². The summed E-state index contributed by atoms with van der Waals surface area (Å²) in [4.78, 5) is 11.7. The summed E-state index contributed by atoms with van der Waals surface area (Å²) in [6.07, 6.45) is 6.06. The van der Waals surface area contributed by atoms with Gasteiger partial charge in [-0.3, -0.25) is 4.79 Å². The fourth-order valence-electron chi connectivity index (χ4n) is 2.79. The van der Waals surface area contributed by atoms with Crippen molar-refractivity contribution in [1.29, 1.82) is 0 Å². The second-order valence-electron chi connectivity index (χ2n) is 5.83. The lowest BCUT2D eigenvalue weighted by atomic mass is 10.0. The van der Waals surface area contributed by atoms with Gasteiger partial charge in [0.05, 0.1) is 0 Å². The summed E-state index contributed by atoms with van der Waals surface area (Å²) in [5.41, 5.74) is 0. The Morgan fingerprint density at radius 3 is 2.90 bits per heavy atom. The molecule has 0 spiro atoms. The van der Waals surface area contributed by atoms with E-state index >= 15 is 0 Å². The van der Waals surface area contributed by atoms with Crippen molar-refractivity contribution in [3.63, 3.8) is 0 Å². The molecule has 2 aliphatic heterocycles. The summed E-state index contributed by atoms with van der Waals surface area (Å²) in [6.45, 7) is 5.10. The van der Waals surface area contributed by atoms with Gasteiger partial charge in [-0.15, -0.1) is 0 Å². The van der Waals surface area contributed by atoms with Crippen molar-refractivity contribution in [3.05, 3.63) is 0 Å². The molecule has 0 aromatic rings. The van der Waals surface area contributed by atoms with Crippen LogP contribution in [0.25, 0.3) is 0 Å². The highest BCUT2D eigenvalue weighted by Gasteiger charge is 2.17. The van der Waals surface area contributed by atoms with E-state index in [9.17, 15) is 4.79 Å². The average Bonchev–Trinajstić information content (AvgIpc) is 2.96. The molecule has 1 unspecified atom stereocenters. The minimum absolute atomic E-state index is 0.161. The lowest BCUT2D eigenvalue weighted by molar-refractivity contribution is -0.121. The van der Waals surface area contributed by atoms with E-state index in [1.54, 1.807) is 0 Å². The predicted molar refractivity (Wildman–Crippen MR) is 77.6 cm³/mol. The first-order chi connectivity index (χ1) is 9.84. The highest BCUT2D eigenvalue weighted by molar-refractivity contribution is 5.76. The SMILES string of the molecule is O=C(CC1CCCN1)NCCCOCC1CCOCC1. The Balaban J connectivity index is 1.40. The number of rotatable bonds is 8. The molecule has 0 aromatic carbocycles. The van der Waals surface area contributed by atoms with Crippen molar-refractivity contribution >= 4 is 5.91 Å². The second kappa shape index (κ2) is 9.32. The van der Waals surface area contributed by atoms with Crippen LogP contribution >= 0.6 is 0 Å². The highest BCUT2D eigenvalue weighted by atomic mass is 16.5. The van der Waals surface area contributed by atoms with Crippen LogP contribution < -0.4 is 10.6 Å². The third kappa shape index (κ3) is 6.20. The Labute approximate surface area is 121 Å². The molecule has 2 saturated heterocycles. The Hall–Kier alpha value is -0.650. The molecule has 2 N–H and O–H groups in total. The van der Waals surface area contributed by atoms with Gasteiger partial charge in [0.15, 0.2) is 0 Å². The van der Waals surface area contributed by atoms with Crippen molar-refractivity contribution in [1.82, 2.24) is 10.6 Å². The monoisotopic (exact) mass is 284 g/mol. The lowest BCUT2D eigenvalue weighted by Crippen LogP contribution is -2.32. The van der Waals surface area contributed by atoms with E-state index in [-0.39, 0.29) is 5.91 Å². The molecule has 5 nitrogen and oxygen atoms in total. The summed E-state index contributed by atoms with van der Waals surface area (Å²) in [6, 6.07) is 0.389. The van der Waals surface area contributed by atoms with Gasteiger partial charge >= 0.3 is 0 Å². The first-order valence-electron chi connectivity index (χ1n) is 8.00. The predicted octanol–water partition coefficient (Wildman–Crippen LogP) is 1.08. The number of amides is 1. The minimum Gasteiger partial charge on any atom is -0.381 e. The summed E-state index contributed by atoms with van der Waals surface area (Å²) in [7, 11) is 0. The maximum atomic E-state index is 11.7. The van der Waals surface area contributed by atoms with Crippen LogP contribution in [0.3, 0.4) is 0 Å². The number of carbonyl (C=O) groups is 1. The fraction of sp³-hybridized carbons (Fsp3) is 0.933. The second-order valence-corrected chi connectivity index (χ2v) is 5.83. The van der Waals surface area contributed by atoms with Crippen LogP contribution in [0.2, 0.25) is 0 Å². The van der Waals surface area contributed by atoms with Crippen molar-refractivity contribution in [2.24, 2.45) is 5.92 Å². The lowest BCUT2D eigenvalue weighted by Gasteiger charge is -2.21. The van der Waals surface area contributed by atoms with Gasteiger partial charge in [0, 0.05) is 45.4 Å². The number of nitrogens with one attached hydrogen (secondary N) is 2. The van der Waals surface area contributed by atoms with E-state index in [4.69, 9.17) is 9.47 Å². The summed E-state index contributed by atoms with van der Waals surface area (Å²) < 4.78 is 11.0. The van der Waals surface area contributed by atoms with Crippen molar-refractivity contribution in [3.8, 4) is 0 Å². The zero-order chi connectivity index (χ0) is 14.0. The number of carbonyl (C=O) groups excluding carboxylic acids is 1. The normalized spacial score (nSPS) is 23.9. The number of hydrogen-bond donors (Lipinski definition) is 2. The molecule has 2 fully saturated rings. The van der Waals surface area contributed by atoms with E-state index in [0.29, 0.717) is 18.4 Å². The molecule has 5 heteroatoms. The van der Waals surface area contributed by atoms with Gasteiger partial charge in [-0.25, -0.2) is 0 Å². The van der Waals surface area contributed by atoms with Gasteiger partial charge in [0.2, 0.25) is 5.91 Å². The van der Waals surface area contributed by atoms with Crippen LogP contribution in [0.15, 0.2) is 0 Å². The minimum atomic E-state index is 0.161. The molecule has 2 aliphatic rings. The molecule has 0 bridgehead atoms. The molecule has 1 atom stereocenters. The maximum absolute atomic E-state index is 11.7. The Kier molecular flexibility index (Phi) is 7.33. The van der Waals surface area contributed by atoms with Crippen LogP contribution in [-0.4, -0.2) is 51.5 Å². The van der Waals surface area contributed by atoms with Crippen LogP contribution in [0.5, 0.6) is 0 Å². The molecule has 0 saturated carbocycles. The molecule has 0 aromatic heterocycles. The van der Waals surface area contributed by atoms with Crippen LogP contribution in [-0.2, 0) is 14.3 Å². The fourth-order valence-corrected chi connectivity index (χ4v) is 2.79. The highest BCUT2D eigenvalue weighted by Crippen LogP contribution is 2.14. The van der Waals surface area contributed by atoms with Gasteiger partial charge in [0.1, 0.15) is 0 Å². The third-order valence-electron chi connectivity index (χ3n) is 4.08. The van der Waals surface area contributed by atoms with E-state index in [2.05, 4.69) is 10.6 Å². The van der Waals surface area contributed by atoms with Crippen molar-refractivity contribution in [2.75, 3.05) is 39.5 Å². The van der Waals surface area contributed by atoms with E-state index in [0.717, 1.165) is 65.2 Å². The molecule has 1 amide bonds. The largest absolute Gasteiger partial charge is 0.381 e. The van der Waals surface area contributed by atoms with Gasteiger partial charge in [-0.2, -0.15) is 0 Å². The summed E-state index contributed by atoms with van der Waals surface area (Å²) in [5, 5.41) is 6.31. The Morgan fingerprint density at radius 1 is 1.30 bits per heavy atom. The van der Waals surface area contributed by atoms with E-state index in [1.807, 2.05) is 0 Å². The van der Waals surface area contributed by atoms with Crippen molar-refractivity contribution < 1.29 is 14.3 Å². The average molecular weight is 284 g/mol. The molecule has 2 rings (SSSR count). The van der Waals surface area contributed by atoms with Gasteiger partial charge in [0.25, 0.3) is 0 Å². The van der Waals surface area contributed by atoms with Crippen molar-refractivity contribution in [2.45, 2.75) is 44.6 Å². The Bertz CT molecular complexity index is 274. The zero-order valence-corrected chi connectivity index (χ0v) is 12.4. The van der Waals surface area contributed by atoms with Crippen LogP contribution in [0.4, 0.5) is 0 Å². The molecule has 116 valence electrons. The Morgan fingerprint density at radius 2 is 2.15 bits per heavy atom. The third-order valence-corrected chi connectivity index (χ3v) is 4.08. The molecule has 0 aliphatic carbocycles. The van der Waals surface area contributed by atoms with E-state index < -0.39 is 0 Å². The van der Waals surface area contributed by atoms with Gasteiger partial charge < -0.3 is 20.1 Å². The molecular formula is C15H28N2O3. The quantitative estimate of drug-likeness (QED) is 0.655. The van der Waals surface area contributed by atoms with Gasteiger partial charge in [-0.05, 0) is 44.6 Å². The van der Waals surface area contributed by atoms with Gasteiger partial charge in [-0.1, -0.05) is 0 Å². The van der Waals surface area contributed by atoms with E-state index in [1.165, 1.54) is 6.42 Å². The maximum Gasteiger partial charge on any atom is 0.221 e. The first-order valence-corrected chi connectivity index (χ1v) is 8.00. The standard InChI is InChI=1S/C15H28N2O3/c18-15(11-14-3-1-6-16-14)17-7-2-8-20-12-13-4-9-19-10-5-13/h13-14,16H,1-12H2,(H,17,18). The smallest absolute Gasteiger partial charge is 0.221 e. The molecule has 0 radical (unpaired) electrons. The number of ether oxygens (including phenoxy) is 2.